The lowest BCUT2D eigenvalue weighted by atomic mass is 9.85. The number of anilines is 2. The van der Waals surface area contributed by atoms with Crippen LogP contribution >= 0.6 is 0 Å². The van der Waals surface area contributed by atoms with Gasteiger partial charge in [-0.1, -0.05) is 32.1 Å². The number of hydrogen-bond acceptors (Lipinski definition) is 6. The Morgan fingerprint density at radius 1 is 1.03 bits per heavy atom. The van der Waals surface area contributed by atoms with E-state index in [4.69, 9.17) is 9.47 Å². The van der Waals surface area contributed by atoms with Gasteiger partial charge in [-0.15, -0.1) is 0 Å². The van der Waals surface area contributed by atoms with Gasteiger partial charge in [-0.05, 0) is 43.4 Å². The van der Waals surface area contributed by atoms with Gasteiger partial charge in [-0.25, -0.2) is 4.79 Å². The molecule has 178 valence electrons. The zero-order chi connectivity index (χ0) is 24.0. The molecule has 1 fully saturated rings. The summed E-state index contributed by atoms with van der Waals surface area (Å²) in [5.41, 5.74) is 0.864. The average molecular weight is 458 g/mol. The lowest BCUT2D eigenvalue weighted by Gasteiger charge is -2.27. The molecule has 33 heavy (non-hydrogen) atoms. The number of fused-ring (bicyclic) bond motifs is 1. The Balaban J connectivity index is 1.71. The van der Waals surface area contributed by atoms with E-state index in [0.717, 1.165) is 0 Å². The van der Waals surface area contributed by atoms with E-state index >= 15 is 0 Å². The summed E-state index contributed by atoms with van der Waals surface area (Å²) in [4.78, 5) is 52.3. The minimum atomic E-state index is -0.897. The number of ether oxygens (including phenoxy) is 2. The molecule has 4 amide bonds. The van der Waals surface area contributed by atoms with Crippen LogP contribution in [0, 0.1) is 17.8 Å². The third-order valence-electron chi connectivity index (χ3n) is 5.75. The van der Waals surface area contributed by atoms with Gasteiger partial charge in [0.15, 0.2) is 0 Å². The van der Waals surface area contributed by atoms with E-state index in [1.54, 1.807) is 24.3 Å². The molecule has 3 unspecified atom stereocenters. The van der Waals surface area contributed by atoms with Crippen molar-refractivity contribution in [1.82, 2.24) is 4.90 Å². The van der Waals surface area contributed by atoms with Crippen molar-refractivity contribution in [3.63, 3.8) is 0 Å². The Bertz CT molecular complexity index is 903. The van der Waals surface area contributed by atoms with Crippen molar-refractivity contribution in [1.29, 1.82) is 0 Å². The summed E-state index contributed by atoms with van der Waals surface area (Å²) in [7, 11) is 1.51. The predicted molar refractivity (Wildman–Crippen MR) is 122 cm³/mol. The molecule has 0 saturated carbocycles. The molecule has 1 aromatic carbocycles. The second kappa shape index (κ2) is 11.1. The fourth-order valence-corrected chi connectivity index (χ4v) is 4.18. The molecule has 1 saturated heterocycles. The summed E-state index contributed by atoms with van der Waals surface area (Å²) in [6, 6.07) is 5.68. The normalized spacial score (nSPS) is 20.5. The molecule has 3 atom stereocenters. The number of carbonyl (C=O) groups excluding carboxylic acids is 4. The van der Waals surface area contributed by atoms with Gasteiger partial charge in [-0.2, -0.15) is 0 Å². The Morgan fingerprint density at radius 2 is 1.64 bits per heavy atom. The second-order valence-corrected chi connectivity index (χ2v) is 8.67. The topological polar surface area (TPSA) is 114 Å². The smallest absolute Gasteiger partial charge is 0.411 e. The van der Waals surface area contributed by atoms with Crippen LogP contribution in [0.25, 0.3) is 0 Å². The SMILES string of the molecule is COCCOC(=O)Nc1cccc(NC(=O)C(CC(C)C)N2C(=O)C3CC=CCC3C2=O)c1. The highest BCUT2D eigenvalue weighted by Gasteiger charge is 2.51. The number of allylic oxidation sites excluding steroid dienone is 2. The molecule has 1 aromatic rings. The summed E-state index contributed by atoms with van der Waals surface area (Å²) in [6.45, 7) is 4.29. The highest BCUT2D eigenvalue weighted by atomic mass is 16.6. The van der Waals surface area contributed by atoms with Crippen LogP contribution in [0.5, 0.6) is 0 Å². The molecule has 2 N–H and O–H groups in total. The maximum Gasteiger partial charge on any atom is 0.411 e. The lowest BCUT2D eigenvalue weighted by Crippen LogP contribution is -2.48. The molecule has 9 heteroatoms. The maximum atomic E-state index is 13.2. The Kier molecular flexibility index (Phi) is 8.21. The number of carbonyl (C=O) groups is 4. The molecule has 3 rings (SSSR count). The van der Waals surface area contributed by atoms with Crippen LogP contribution in [0.4, 0.5) is 16.2 Å². The summed E-state index contributed by atoms with van der Waals surface area (Å²) < 4.78 is 9.81. The first-order valence-corrected chi connectivity index (χ1v) is 11.2. The van der Waals surface area contributed by atoms with Gasteiger partial charge in [0.1, 0.15) is 12.6 Å². The molecule has 0 aromatic heterocycles. The van der Waals surface area contributed by atoms with Crippen LogP contribution in [0.2, 0.25) is 0 Å². The molecule has 1 aliphatic heterocycles. The number of benzene rings is 1. The number of rotatable bonds is 9. The van der Waals surface area contributed by atoms with Crippen molar-refractivity contribution >= 4 is 35.2 Å². The molecular formula is C24H31N3O6. The Labute approximate surface area is 193 Å². The number of imide groups is 1. The molecule has 0 bridgehead atoms. The van der Waals surface area contributed by atoms with Crippen molar-refractivity contribution in [3.05, 3.63) is 36.4 Å². The summed E-state index contributed by atoms with van der Waals surface area (Å²) >= 11 is 0. The first-order valence-electron chi connectivity index (χ1n) is 11.2. The summed E-state index contributed by atoms with van der Waals surface area (Å²) in [5.74, 6) is -1.66. The molecule has 0 spiro atoms. The third kappa shape index (κ3) is 5.98. The van der Waals surface area contributed by atoms with E-state index < -0.39 is 18.0 Å². The standard InChI is InChI=1S/C24H31N3O6/c1-15(2)13-20(27-22(29)18-9-4-5-10-19(18)23(27)30)21(28)25-16-7-6-8-17(14-16)26-24(31)33-12-11-32-3/h4-8,14-15,18-20H,9-13H2,1-3H3,(H,25,28)(H,26,31). The molecular weight excluding hydrogens is 426 g/mol. The van der Waals surface area contributed by atoms with E-state index in [2.05, 4.69) is 10.6 Å². The van der Waals surface area contributed by atoms with Crippen molar-refractivity contribution in [3.8, 4) is 0 Å². The molecule has 0 radical (unpaired) electrons. The van der Waals surface area contributed by atoms with E-state index in [0.29, 0.717) is 30.6 Å². The van der Waals surface area contributed by atoms with Crippen LogP contribution in [-0.4, -0.2) is 55.1 Å². The number of likely N-dealkylation sites (tertiary alicyclic amines) is 1. The van der Waals surface area contributed by atoms with Gasteiger partial charge in [0.2, 0.25) is 17.7 Å². The monoisotopic (exact) mass is 457 g/mol. The average Bonchev–Trinajstić information content (AvgIpc) is 3.02. The maximum absolute atomic E-state index is 13.2. The first kappa shape index (κ1) is 24.4. The van der Waals surface area contributed by atoms with Gasteiger partial charge < -0.3 is 14.8 Å². The van der Waals surface area contributed by atoms with Crippen molar-refractivity contribution in [2.75, 3.05) is 31.0 Å². The number of amides is 4. The van der Waals surface area contributed by atoms with E-state index in [9.17, 15) is 19.2 Å². The zero-order valence-electron chi connectivity index (χ0n) is 19.2. The Morgan fingerprint density at radius 3 is 2.21 bits per heavy atom. The van der Waals surface area contributed by atoms with Crippen LogP contribution in [0.1, 0.15) is 33.1 Å². The molecule has 2 aliphatic rings. The van der Waals surface area contributed by atoms with Gasteiger partial charge in [0.25, 0.3) is 0 Å². The number of nitrogens with zero attached hydrogens (tertiary/aromatic N) is 1. The van der Waals surface area contributed by atoms with Crippen molar-refractivity contribution < 1.29 is 28.7 Å². The van der Waals surface area contributed by atoms with Gasteiger partial charge in [-0.3, -0.25) is 24.6 Å². The highest BCUT2D eigenvalue weighted by molar-refractivity contribution is 6.10. The second-order valence-electron chi connectivity index (χ2n) is 8.67. The van der Waals surface area contributed by atoms with Crippen molar-refractivity contribution in [2.45, 2.75) is 39.2 Å². The summed E-state index contributed by atoms with van der Waals surface area (Å²) in [5, 5.41) is 5.39. The largest absolute Gasteiger partial charge is 0.447 e. The van der Waals surface area contributed by atoms with E-state index in [1.165, 1.54) is 12.0 Å². The van der Waals surface area contributed by atoms with Gasteiger partial charge in [0.05, 0.1) is 18.4 Å². The van der Waals surface area contributed by atoms with Gasteiger partial charge in [0, 0.05) is 18.5 Å². The number of methoxy groups -OCH3 is 1. The third-order valence-corrected chi connectivity index (χ3v) is 5.75. The summed E-state index contributed by atoms with van der Waals surface area (Å²) in [6.07, 6.45) is 4.61. The Hall–Kier alpha value is -3.20. The number of nitrogens with one attached hydrogen (secondary N) is 2. The van der Waals surface area contributed by atoms with Crippen molar-refractivity contribution in [2.24, 2.45) is 17.8 Å². The fourth-order valence-electron chi connectivity index (χ4n) is 4.18. The zero-order valence-corrected chi connectivity index (χ0v) is 19.2. The van der Waals surface area contributed by atoms with Crippen LogP contribution in [-0.2, 0) is 23.9 Å². The van der Waals surface area contributed by atoms with E-state index in [1.807, 2.05) is 26.0 Å². The molecule has 1 aliphatic carbocycles. The minimum Gasteiger partial charge on any atom is -0.447 e. The van der Waals surface area contributed by atoms with Gasteiger partial charge >= 0.3 is 6.09 Å². The van der Waals surface area contributed by atoms with Crippen LogP contribution in [0.3, 0.4) is 0 Å². The van der Waals surface area contributed by atoms with Crippen LogP contribution in [0.15, 0.2) is 36.4 Å². The highest BCUT2D eigenvalue weighted by Crippen LogP contribution is 2.37. The van der Waals surface area contributed by atoms with Crippen LogP contribution < -0.4 is 10.6 Å². The molecule has 1 heterocycles. The quantitative estimate of drug-likeness (QED) is 0.334. The fraction of sp³-hybridized carbons (Fsp3) is 0.500. The van der Waals surface area contributed by atoms with E-state index in [-0.39, 0.29) is 42.8 Å². The predicted octanol–water partition coefficient (Wildman–Crippen LogP) is 3.19. The lowest BCUT2D eigenvalue weighted by molar-refractivity contribution is -0.147. The first-order chi connectivity index (χ1) is 15.8. The number of hydrogen-bond donors (Lipinski definition) is 2. The minimum absolute atomic E-state index is 0.0944. The molecule has 9 nitrogen and oxygen atoms in total.